The summed E-state index contributed by atoms with van der Waals surface area (Å²) >= 11 is 1.70. The fraction of sp³-hybridized carbons (Fsp3) is 0.417. The van der Waals surface area contributed by atoms with Gasteiger partial charge in [0.15, 0.2) is 10.8 Å². The van der Waals surface area contributed by atoms with Gasteiger partial charge in [0, 0.05) is 18.4 Å². The van der Waals surface area contributed by atoms with Gasteiger partial charge in [0.05, 0.1) is 6.07 Å². The molecule has 0 amide bonds. The molecule has 86 valence electrons. The van der Waals surface area contributed by atoms with Crippen LogP contribution in [-0.2, 0) is 0 Å². The van der Waals surface area contributed by atoms with Crippen molar-refractivity contribution in [2.75, 3.05) is 5.75 Å². The van der Waals surface area contributed by atoms with E-state index in [1.165, 1.54) is 12.8 Å². The molecule has 4 nitrogen and oxygen atoms in total. The molecule has 5 heteroatoms. The van der Waals surface area contributed by atoms with Gasteiger partial charge in [0.25, 0.3) is 0 Å². The van der Waals surface area contributed by atoms with Crippen LogP contribution >= 0.6 is 11.8 Å². The van der Waals surface area contributed by atoms with Crippen LogP contribution in [0.2, 0.25) is 0 Å². The first-order chi connectivity index (χ1) is 8.33. The van der Waals surface area contributed by atoms with E-state index in [2.05, 4.69) is 16.3 Å². The maximum absolute atomic E-state index is 8.78. The number of aromatic nitrogens is 3. The van der Waals surface area contributed by atoms with Crippen molar-refractivity contribution in [3.8, 4) is 6.07 Å². The van der Waals surface area contributed by atoms with Gasteiger partial charge in [0.2, 0.25) is 0 Å². The fourth-order valence-corrected chi connectivity index (χ4v) is 3.07. The summed E-state index contributed by atoms with van der Waals surface area (Å²) in [6.45, 7) is 0. The number of hydrogen-bond donors (Lipinski definition) is 0. The molecule has 3 rings (SSSR count). The van der Waals surface area contributed by atoms with Crippen molar-refractivity contribution in [1.29, 1.82) is 5.26 Å². The van der Waals surface area contributed by atoms with Crippen molar-refractivity contribution in [2.45, 2.75) is 24.4 Å². The molecule has 1 saturated carbocycles. The highest BCUT2D eigenvalue weighted by atomic mass is 32.2. The minimum absolute atomic E-state index is 0.250. The topological polar surface area (TPSA) is 54.0 Å². The first kappa shape index (κ1) is 10.6. The monoisotopic (exact) mass is 244 g/mol. The third-order valence-corrected chi connectivity index (χ3v) is 4.49. The predicted octanol–water partition coefficient (Wildman–Crippen LogP) is 2.52. The number of thioether (sulfide) groups is 1. The van der Waals surface area contributed by atoms with Crippen molar-refractivity contribution in [1.82, 2.24) is 14.6 Å². The Kier molecular flexibility index (Phi) is 2.52. The zero-order chi connectivity index (χ0) is 11.7. The minimum atomic E-state index is 0.250. The number of fused-ring (bicyclic) bond motifs is 1. The minimum Gasteiger partial charge on any atom is -0.277 e. The lowest BCUT2D eigenvalue weighted by Gasteiger charge is -2.08. The molecule has 0 aliphatic heterocycles. The van der Waals surface area contributed by atoms with Crippen LogP contribution in [0.15, 0.2) is 29.6 Å². The van der Waals surface area contributed by atoms with Gasteiger partial charge in [0.1, 0.15) is 0 Å². The molecule has 1 fully saturated rings. The van der Waals surface area contributed by atoms with Crippen LogP contribution in [0.1, 0.15) is 19.3 Å². The lowest BCUT2D eigenvalue weighted by atomic mass is 10.1. The molecular formula is C12H12N4S. The van der Waals surface area contributed by atoms with Crippen molar-refractivity contribution in [2.24, 2.45) is 5.41 Å². The average molecular weight is 244 g/mol. The molecule has 0 bridgehead atoms. The SMILES string of the molecule is N#CCC1(CSc2nnc3ccccn23)CC1. The van der Waals surface area contributed by atoms with Gasteiger partial charge in [-0.15, -0.1) is 10.2 Å². The average Bonchev–Trinajstić information content (AvgIpc) is 3.00. The van der Waals surface area contributed by atoms with Gasteiger partial charge >= 0.3 is 0 Å². The normalized spacial score (nSPS) is 16.9. The summed E-state index contributed by atoms with van der Waals surface area (Å²) in [5, 5.41) is 18.0. The molecule has 2 aromatic heterocycles. The Hall–Kier alpha value is -1.54. The number of pyridine rings is 1. The second-order valence-corrected chi connectivity index (χ2v) is 5.48. The highest BCUT2D eigenvalue weighted by molar-refractivity contribution is 7.99. The summed E-state index contributed by atoms with van der Waals surface area (Å²) < 4.78 is 1.99. The summed E-state index contributed by atoms with van der Waals surface area (Å²) in [4.78, 5) is 0. The van der Waals surface area contributed by atoms with E-state index in [1.807, 2.05) is 28.8 Å². The van der Waals surface area contributed by atoms with Crippen LogP contribution in [0, 0.1) is 16.7 Å². The second kappa shape index (κ2) is 4.04. The van der Waals surface area contributed by atoms with Crippen molar-refractivity contribution in [3.63, 3.8) is 0 Å². The van der Waals surface area contributed by atoms with Crippen molar-refractivity contribution < 1.29 is 0 Å². The summed E-state index contributed by atoms with van der Waals surface area (Å²) in [5.74, 6) is 0.968. The molecule has 2 aromatic rings. The summed E-state index contributed by atoms with van der Waals surface area (Å²) in [6, 6.07) is 8.15. The molecule has 0 saturated heterocycles. The number of nitriles is 1. The molecule has 0 unspecified atom stereocenters. The first-order valence-corrected chi connectivity index (χ1v) is 6.61. The highest BCUT2D eigenvalue weighted by Crippen LogP contribution is 2.51. The van der Waals surface area contributed by atoms with E-state index in [4.69, 9.17) is 5.26 Å². The van der Waals surface area contributed by atoms with Crippen molar-refractivity contribution >= 4 is 17.4 Å². The van der Waals surface area contributed by atoms with Gasteiger partial charge in [-0.05, 0) is 30.4 Å². The van der Waals surface area contributed by atoms with Crippen LogP contribution in [0.5, 0.6) is 0 Å². The van der Waals surface area contributed by atoms with Crippen LogP contribution in [0.4, 0.5) is 0 Å². The standard InChI is InChI=1S/C12H12N4S/c13-7-6-12(4-5-12)9-17-11-15-14-10-3-1-2-8-16(10)11/h1-3,8H,4-6,9H2. The van der Waals surface area contributed by atoms with Crippen LogP contribution in [0.3, 0.4) is 0 Å². The molecule has 0 atom stereocenters. The maximum Gasteiger partial charge on any atom is 0.195 e. The molecule has 0 N–H and O–H groups in total. The Labute approximate surface area is 104 Å². The molecule has 0 aromatic carbocycles. The number of hydrogen-bond acceptors (Lipinski definition) is 4. The molecule has 17 heavy (non-hydrogen) atoms. The highest BCUT2D eigenvalue weighted by Gasteiger charge is 2.42. The summed E-state index contributed by atoms with van der Waals surface area (Å²) in [6.07, 6.45) is 4.98. The van der Waals surface area contributed by atoms with E-state index in [9.17, 15) is 0 Å². The van der Waals surface area contributed by atoms with Gasteiger partial charge in [-0.25, -0.2) is 0 Å². The maximum atomic E-state index is 8.78. The lowest BCUT2D eigenvalue weighted by Crippen LogP contribution is -2.03. The predicted molar refractivity (Wildman–Crippen MR) is 65.6 cm³/mol. The fourth-order valence-electron chi connectivity index (χ4n) is 1.85. The zero-order valence-corrected chi connectivity index (χ0v) is 10.2. The Bertz CT molecular complexity index is 579. The Morgan fingerprint density at radius 1 is 1.41 bits per heavy atom. The first-order valence-electron chi connectivity index (χ1n) is 5.63. The molecule has 1 aliphatic carbocycles. The van der Waals surface area contributed by atoms with Gasteiger partial charge in [-0.1, -0.05) is 17.8 Å². The molecular weight excluding hydrogens is 232 g/mol. The third-order valence-electron chi connectivity index (χ3n) is 3.20. The van der Waals surface area contributed by atoms with Crippen molar-refractivity contribution in [3.05, 3.63) is 24.4 Å². The summed E-state index contributed by atoms with van der Waals surface area (Å²) in [7, 11) is 0. The number of nitrogens with zero attached hydrogens (tertiary/aromatic N) is 4. The van der Waals surface area contributed by atoms with Crippen LogP contribution in [0.25, 0.3) is 5.65 Å². The van der Waals surface area contributed by atoms with Gasteiger partial charge in [-0.3, -0.25) is 4.40 Å². The van der Waals surface area contributed by atoms with E-state index in [-0.39, 0.29) is 5.41 Å². The van der Waals surface area contributed by atoms with Gasteiger partial charge < -0.3 is 0 Å². The van der Waals surface area contributed by atoms with E-state index in [0.29, 0.717) is 6.42 Å². The van der Waals surface area contributed by atoms with E-state index in [1.54, 1.807) is 11.8 Å². The van der Waals surface area contributed by atoms with Crippen LogP contribution < -0.4 is 0 Å². The molecule has 0 spiro atoms. The van der Waals surface area contributed by atoms with E-state index in [0.717, 1.165) is 16.6 Å². The Morgan fingerprint density at radius 2 is 2.29 bits per heavy atom. The number of rotatable bonds is 4. The largest absolute Gasteiger partial charge is 0.277 e. The lowest BCUT2D eigenvalue weighted by molar-refractivity contribution is 0.603. The third kappa shape index (κ3) is 2.01. The molecule has 0 radical (unpaired) electrons. The second-order valence-electron chi connectivity index (χ2n) is 4.53. The molecule has 2 heterocycles. The molecule has 1 aliphatic rings. The summed E-state index contributed by atoms with van der Waals surface area (Å²) in [5.41, 5.74) is 1.13. The van der Waals surface area contributed by atoms with Gasteiger partial charge in [-0.2, -0.15) is 5.26 Å². The van der Waals surface area contributed by atoms with E-state index >= 15 is 0 Å². The van der Waals surface area contributed by atoms with E-state index < -0.39 is 0 Å². The Balaban J connectivity index is 1.76. The smallest absolute Gasteiger partial charge is 0.195 e. The quantitative estimate of drug-likeness (QED) is 0.775. The van der Waals surface area contributed by atoms with Crippen LogP contribution in [-0.4, -0.2) is 20.4 Å². The Morgan fingerprint density at radius 3 is 3.06 bits per heavy atom. The zero-order valence-electron chi connectivity index (χ0n) is 9.33.